The number of rotatable bonds is 8. The highest BCUT2D eigenvalue weighted by molar-refractivity contribution is 14.1. The van der Waals surface area contributed by atoms with Crippen molar-refractivity contribution in [3.05, 3.63) is 56.1 Å². The first kappa shape index (κ1) is 22.8. The van der Waals surface area contributed by atoms with E-state index in [2.05, 4.69) is 33.4 Å². The number of aliphatic hydroxyl groups is 1. The van der Waals surface area contributed by atoms with Crippen molar-refractivity contribution < 1.29 is 23.5 Å². The topological polar surface area (TPSA) is 70.6 Å². The summed E-state index contributed by atoms with van der Waals surface area (Å²) in [5, 5.41) is 12.7. The molecular formula is C19H20ClF2IN2O3. The predicted molar refractivity (Wildman–Crippen MR) is 113 cm³/mol. The van der Waals surface area contributed by atoms with Crippen molar-refractivity contribution in [1.29, 1.82) is 0 Å². The first-order valence-corrected chi connectivity index (χ1v) is 9.95. The molecule has 0 saturated heterocycles. The number of anilines is 2. The first-order valence-electron chi connectivity index (χ1n) is 8.49. The maximum absolute atomic E-state index is 14.4. The van der Waals surface area contributed by atoms with Crippen LogP contribution in [-0.2, 0) is 4.84 Å². The van der Waals surface area contributed by atoms with Crippen LogP contribution in [0.4, 0.5) is 20.2 Å². The Hall–Kier alpha value is -1.49. The second kappa shape index (κ2) is 10.3. The molecule has 0 aliphatic heterocycles. The minimum Gasteiger partial charge on any atom is -0.391 e. The van der Waals surface area contributed by atoms with Gasteiger partial charge in [-0.05, 0) is 65.3 Å². The smallest absolute Gasteiger partial charge is 0.277 e. The van der Waals surface area contributed by atoms with E-state index >= 15 is 0 Å². The zero-order chi connectivity index (χ0) is 20.8. The van der Waals surface area contributed by atoms with Gasteiger partial charge in [0.15, 0.2) is 11.6 Å². The molecule has 0 spiro atoms. The number of amides is 1. The van der Waals surface area contributed by atoms with Gasteiger partial charge >= 0.3 is 0 Å². The van der Waals surface area contributed by atoms with E-state index in [0.717, 1.165) is 15.7 Å². The Bertz CT molecular complexity index is 852. The summed E-state index contributed by atoms with van der Waals surface area (Å²) in [6.45, 7) is 3.76. The lowest BCUT2D eigenvalue weighted by Crippen LogP contribution is -2.29. The summed E-state index contributed by atoms with van der Waals surface area (Å²) in [6, 6.07) is 6.93. The van der Waals surface area contributed by atoms with Crippen molar-refractivity contribution in [2.45, 2.75) is 26.4 Å². The fraction of sp³-hybridized carbons (Fsp3) is 0.316. The summed E-state index contributed by atoms with van der Waals surface area (Å²) in [7, 11) is 0. The Kier molecular flexibility index (Phi) is 8.41. The van der Waals surface area contributed by atoms with Crippen molar-refractivity contribution >= 4 is 51.5 Å². The summed E-state index contributed by atoms with van der Waals surface area (Å²) >= 11 is 8.19. The Labute approximate surface area is 180 Å². The van der Waals surface area contributed by atoms with Crippen molar-refractivity contribution in [3.63, 3.8) is 0 Å². The molecule has 0 heterocycles. The molecule has 1 atom stereocenters. The average molecular weight is 525 g/mol. The number of carbonyl (C=O) groups excluding carboxylic acids is 1. The number of benzene rings is 2. The maximum Gasteiger partial charge on any atom is 0.277 e. The van der Waals surface area contributed by atoms with Crippen molar-refractivity contribution in [2.24, 2.45) is 5.92 Å². The number of aliphatic hydroxyl groups excluding tert-OH is 1. The van der Waals surface area contributed by atoms with Crippen LogP contribution in [0.3, 0.4) is 0 Å². The van der Waals surface area contributed by atoms with Gasteiger partial charge in [0, 0.05) is 3.57 Å². The lowest BCUT2D eigenvalue weighted by molar-refractivity contribution is -0.0181. The van der Waals surface area contributed by atoms with Gasteiger partial charge in [-0.3, -0.25) is 9.63 Å². The standard InChI is InChI=1S/C19H20ClF2IN2O3/c1-10(2)7-12(26)9-28-25-19(27)13-4-5-15(21)17(22)18(13)24-16-6-3-11(23)8-14(16)20/h3-6,8,10,12,24,26H,7,9H2,1-2H3,(H,25,27). The Morgan fingerprint density at radius 3 is 2.64 bits per heavy atom. The van der Waals surface area contributed by atoms with E-state index in [4.69, 9.17) is 16.4 Å². The molecular weight excluding hydrogens is 505 g/mol. The minimum atomic E-state index is -1.22. The van der Waals surface area contributed by atoms with E-state index in [9.17, 15) is 18.7 Å². The quantitative estimate of drug-likeness (QED) is 0.335. The van der Waals surface area contributed by atoms with E-state index in [-0.39, 0.29) is 28.8 Å². The SMILES string of the molecule is CC(C)CC(O)CONC(=O)c1ccc(F)c(F)c1Nc1ccc(I)cc1Cl. The van der Waals surface area contributed by atoms with Gasteiger partial charge in [-0.1, -0.05) is 25.4 Å². The van der Waals surface area contributed by atoms with Crippen LogP contribution < -0.4 is 10.8 Å². The van der Waals surface area contributed by atoms with Gasteiger partial charge < -0.3 is 10.4 Å². The van der Waals surface area contributed by atoms with Crippen molar-refractivity contribution in [3.8, 4) is 0 Å². The summed E-state index contributed by atoms with van der Waals surface area (Å²) < 4.78 is 29.0. The van der Waals surface area contributed by atoms with E-state index in [1.165, 1.54) is 0 Å². The molecule has 0 aromatic heterocycles. The van der Waals surface area contributed by atoms with Crippen LogP contribution in [0.5, 0.6) is 0 Å². The van der Waals surface area contributed by atoms with Crippen LogP contribution in [0.15, 0.2) is 30.3 Å². The number of halogens is 4. The minimum absolute atomic E-state index is 0.126. The third-order valence-electron chi connectivity index (χ3n) is 3.71. The van der Waals surface area contributed by atoms with Gasteiger partial charge in [0.1, 0.15) is 6.61 Å². The van der Waals surface area contributed by atoms with Crippen molar-refractivity contribution in [2.75, 3.05) is 11.9 Å². The van der Waals surface area contributed by atoms with Gasteiger partial charge in [0.2, 0.25) is 0 Å². The number of nitrogens with one attached hydrogen (secondary N) is 2. The van der Waals surface area contributed by atoms with Crippen LogP contribution >= 0.6 is 34.2 Å². The van der Waals surface area contributed by atoms with Gasteiger partial charge in [-0.25, -0.2) is 14.3 Å². The molecule has 0 saturated carbocycles. The molecule has 3 N–H and O–H groups in total. The molecule has 28 heavy (non-hydrogen) atoms. The molecule has 5 nitrogen and oxygen atoms in total. The maximum atomic E-state index is 14.4. The fourth-order valence-corrected chi connectivity index (χ4v) is 3.36. The van der Waals surface area contributed by atoms with E-state index in [0.29, 0.717) is 12.1 Å². The molecule has 0 fully saturated rings. The Balaban J connectivity index is 2.18. The van der Waals surface area contributed by atoms with Crippen LogP contribution in [-0.4, -0.2) is 23.7 Å². The van der Waals surface area contributed by atoms with Crippen LogP contribution in [0, 0.1) is 21.1 Å². The first-order chi connectivity index (χ1) is 13.2. The highest BCUT2D eigenvalue weighted by atomic mass is 127. The van der Waals surface area contributed by atoms with E-state index < -0.39 is 23.6 Å². The Morgan fingerprint density at radius 2 is 2.00 bits per heavy atom. The zero-order valence-corrected chi connectivity index (χ0v) is 18.1. The third-order valence-corrected chi connectivity index (χ3v) is 4.70. The molecule has 9 heteroatoms. The number of hydrogen-bond acceptors (Lipinski definition) is 4. The number of hydroxylamine groups is 1. The molecule has 1 amide bonds. The van der Waals surface area contributed by atoms with Gasteiger partial charge in [-0.15, -0.1) is 0 Å². The van der Waals surface area contributed by atoms with Crippen LogP contribution in [0.2, 0.25) is 5.02 Å². The normalized spacial score (nSPS) is 12.1. The van der Waals surface area contributed by atoms with Gasteiger partial charge in [0.25, 0.3) is 5.91 Å². The van der Waals surface area contributed by atoms with E-state index in [1.807, 2.05) is 13.8 Å². The monoisotopic (exact) mass is 524 g/mol. The summed E-state index contributed by atoms with van der Waals surface area (Å²) in [5.74, 6) is -2.87. The molecule has 0 aliphatic rings. The number of hydrogen-bond donors (Lipinski definition) is 3. The van der Waals surface area contributed by atoms with E-state index in [1.54, 1.807) is 18.2 Å². The van der Waals surface area contributed by atoms with Crippen LogP contribution in [0.25, 0.3) is 0 Å². The Morgan fingerprint density at radius 1 is 1.29 bits per heavy atom. The molecule has 0 aliphatic carbocycles. The van der Waals surface area contributed by atoms with Gasteiger partial charge in [0.05, 0.1) is 28.1 Å². The molecule has 2 aromatic carbocycles. The zero-order valence-electron chi connectivity index (χ0n) is 15.2. The third kappa shape index (κ3) is 6.26. The lowest BCUT2D eigenvalue weighted by Gasteiger charge is -2.16. The lowest BCUT2D eigenvalue weighted by atomic mass is 10.1. The molecule has 152 valence electrons. The van der Waals surface area contributed by atoms with Gasteiger partial charge in [-0.2, -0.15) is 0 Å². The summed E-state index contributed by atoms with van der Waals surface area (Å²) in [5.41, 5.74) is 1.91. The predicted octanol–water partition coefficient (Wildman–Crippen LogP) is 5.03. The number of carbonyl (C=O) groups is 1. The summed E-state index contributed by atoms with van der Waals surface area (Å²) in [4.78, 5) is 17.4. The fourth-order valence-electron chi connectivity index (χ4n) is 2.46. The average Bonchev–Trinajstić information content (AvgIpc) is 2.60. The highest BCUT2D eigenvalue weighted by Gasteiger charge is 2.20. The second-order valence-electron chi connectivity index (χ2n) is 6.56. The molecule has 0 bridgehead atoms. The molecule has 0 radical (unpaired) electrons. The largest absolute Gasteiger partial charge is 0.391 e. The highest BCUT2D eigenvalue weighted by Crippen LogP contribution is 2.31. The second-order valence-corrected chi connectivity index (χ2v) is 8.21. The summed E-state index contributed by atoms with van der Waals surface area (Å²) in [6.07, 6.45) is -0.257. The molecule has 2 rings (SSSR count). The molecule has 2 aromatic rings. The van der Waals surface area contributed by atoms with Crippen molar-refractivity contribution in [1.82, 2.24) is 5.48 Å². The molecule has 1 unspecified atom stereocenters. The van der Waals surface area contributed by atoms with Crippen LogP contribution in [0.1, 0.15) is 30.6 Å².